The van der Waals surface area contributed by atoms with Gasteiger partial charge >= 0.3 is 10.8 Å². The van der Waals surface area contributed by atoms with E-state index >= 15 is 0 Å². The first-order chi connectivity index (χ1) is 25.7. The molecule has 3 aromatic carbocycles. The maximum Gasteiger partial charge on any atom is 0.338 e. The van der Waals surface area contributed by atoms with Crippen molar-refractivity contribution in [3.8, 4) is 17.2 Å². The van der Waals surface area contributed by atoms with Crippen LogP contribution in [0.2, 0.25) is 0 Å². The third-order valence-electron chi connectivity index (χ3n) is 10.7. The molecule has 7 atom stereocenters. The van der Waals surface area contributed by atoms with Crippen LogP contribution in [0.4, 0.5) is 11.4 Å². The number of anilines is 2. The minimum atomic E-state index is -0.489. The Morgan fingerprint density at radius 1 is 0.887 bits per heavy atom. The minimum absolute atomic E-state index is 0.00000980. The van der Waals surface area contributed by atoms with Crippen molar-refractivity contribution in [2.45, 2.75) is 36.5 Å². The van der Waals surface area contributed by atoms with E-state index in [1.54, 1.807) is 80.4 Å². The van der Waals surface area contributed by atoms with Gasteiger partial charge in [0.05, 0.1) is 48.4 Å². The number of thiazole rings is 1. The maximum absolute atomic E-state index is 14.2. The van der Waals surface area contributed by atoms with E-state index in [1.165, 1.54) is 16.2 Å². The van der Waals surface area contributed by atoms with Gasteiger partial charge in [0.25, 0.3) is 5.91 Å². The van der Waals surface area contributed by atoms with E-state index in [0.717, 1.165) is 21.9 Å². The number of fused-ring (bicyclic) bond motifs is 9. The van der Waals surface area contributed by atoms with E-state index < -0.39 is 17.8 Å². The molecular weight excluding hydrogens is 719 g/mol. The van der Waals surface area contributed by atoms with Gasteiger partial charge in [0.15, 0.2) is 18.1 Å². The number of esters is 1. The van der Waals surface area contributed by atoms with Crippen LogP contribution in [0.15, 0.2) is 76.6 Å². The van der Waals surface area contributed by atoms with Crippen LogP contribution in [0, 0.1) is 29.6 Å². The van der Waals surface area contributed by atoms with Crippen LogP contribution in [0.25, 0.3) is 0 Å². The Bertz CT molecular complexity index is 2150. The number of ether oxygens (including phenoxy) is 4. The van der Waals surface area contributed by atoms with Gasteiger partial charge < -0.3 is 29.2 Å². The van der Waals surface area contributed by atoms with Crippen molar-refractivity contribution in [3.63, 3.8) is 0 Å². The van der Waals surface area contributed by atoms with Crippen LogP contribution in [0.3, 0.4) is 0 Å². The molecule has 3 fully saturated rings. The third kappa shape index (κ3) is 6.07. The lowest BCUT2D eigenvalue weighted by molar-refractivity contribution is -0.123. The van der Waals surface area contributed by atoms with Gasteiger partial charge in [0.1, 0.15) is 5.75 Å². The Hall–Kier alpha value is -5.08. The number of nitrogens with zero attached hydrogens (tertiary/aromatic N) is 1. The van der Waals surface area contributed by atoms with Crippen LogP contribution in [0.5, 0.6) is 17.2 Å². The first-order valence-corrected chi connectivity index (χ1v) is 19.3. The monoisotopic (exact) mass is 755 g/mol. The molecule has 12 nitrogen and oxygen atoms in total. The van der Waals surface area contributed by atoms with Crippen molar-refractivity contribution in [3.05, 3.63) is 92.4 Å². The largest absolute Gasteiger partial charge is 0.497 e. The number of carbonyl (C=O) groups is 4. The summed E-state index contributed by atoms with van der Waals surface area (Å²) in [6.45, 7) is 3.95. The summed E-state index contributed by atoms with van der Waals surface area (Å²) in [7, 11) is 1.57. The lowest BCUT2D eigenvalue weighted by Crippen LogP contribution is -2.42. The Morgan fingerprint density at radius 3 is 2.32 bits per heavy atom. The smallest absolute Gasteiger partial charge is 0.338 e. The average molecular weight is 756 g/mol. The van der Waals surface area contributed by atoms with Gasteiger partial charge in [0, 0.05) is 21.7 Å². The highest BCUT2D eigenvalue weighted by Gasteiger charge is 2.69. The fraction of sp³-hybridized carbons (Fsp3) is 0.359. The van der Waals surface area contributed by atoms with Crippen molar-refractivity contribution >= 4 is 58.2 Å². The van der Waals surface area contributed by atoms with Gasteiger partial charge in [-0.25, -0.2) is 4.79 Å². The molecule has 2 saturated carbocycles. The molecule has 1 aromatic heterocycles. The van der Waals surface area contributed by atoms with Gasteiger partial charge in [-0.2, -0.15) is 0 Å². The number of nitrogens with one attached hydrogen (secondary N) is 2. The van der Waals surface area contributed by atoms with E-state index in [2.05, 4.69) is 10.3 Å². The predicted molar refractivity (Wildman–Crippen MR) is 198 cm³/mol. The number of H-pyrrole nitrogens is 1. The number of aromatic amines is 1. The zero-order valence-electron chi connectivity index (χ0n) is 29.2. The van der Waals surface area contributed by atoms with Gasteiger partial charge in [0.2, 0.25) is 11.8 Å². The molecule has 2 bridgehead atoms. The second-order valence-electron chi connectivity index (χ2n) is 13.4. The molecule has 14 heteroatoms. The van der Waals surface area contributed by atoms with Crippen molar-refractivity contribution in [1.82, 2.24) is 4.98 Å². The van der Waals surface area contributed by atoms with Crippen LogP contribution < -0.4 is 29.3 Å². The number of thioether (sulfide) groups is 1. The lowest BCUT2D eigenvalue weighted by Gasteiger charge is -2.43. The molecule has 4 aromatic rings. The van der Waals surface area contributed by atoms with Gasteiger partial charge in [-0.15, -0.1) is 11.8 Å². The molecule has 8 rings (SSSR count). The number of hydrogen-bond acceptors (Lipinski definition) is 11. The molecule has 2 aliphatic carbocycles. The summed E-state index contributed by atoms with van der Waals surface area (Å²) in [6, 6.07) is 19.0. The van der Waals surface area contributed by atoms with E-state index in [4.69, 9.17) is 18.9 Å². The number of benzene rings is 3. The van der Waals surface area contributed by atoms with Crippen LogP contribution in [-0.2, 0) is 19.1 Å². The molecule has 0 radical (unpaired) electrons. The van der Waals surface area contributed by atoms with Crippen LogP contribution in [0.1, 0.15) is 47.0 Å². The summed E-state index contributed by atoms with van der Waals surface area (Å²) >= 11 is 2.79. The quantitative estimate of drug-likeness (QED) is 0.144. The fourth-order valence-electron chi connectivity index (χ4n) is 8.73. The topological polar surface area (TPSA) is 153 Å². The van der Waals surface area contributed by atoms with Gasteiger partial charge in [-0.05, 0) is 104 Å². The lowest BCUT2D eigenvalue weighted by atomic mass is 9.68. The molecule has 1 saturated heterocycles. The molecule has 0 spiro atoms. The molecule has 6 unspecified atom stereocenters. The zero-order chi connectivity index (χ0) is 37.0. The van der Waals surface area contributed by atoms with E-state index in [9.17, 15) is 24.0 Å². The Morgan fingerprint density at radius 2 is 1.62 bits per heavy atom. The number of rotatable bonds is 11. The molecule has 53 heavy (non-hydrogen) atoms. The average Bonchev–Trinajstić information content (AvgIpc) is 3.90. The number of aromatic nitrogens is 1. The van der Waals surface area contributed by atoms with E-state index in [1.807, 2.05) is 19.1 Å². The Balaban J connectivity index is 1.06. The second-order valence-corrected chi connectivity index (χ2v) is 15.6. The highest BCUT2D eigenvalue weighted by atomic mass is 32.2. The summed E-state index contributed by atoms with van der Waals surface area (Å²) in [5.74, 6) is -1.06. The number of amides is 3. The van der Waals surface area contributed by atoms with Crippen molar-refractivity contribution in [2.75, 3.05) is 37.1 Å². The second kappa shape index (κ2) is 14.0. The first kappa shape index (κ1) is 35.0. The summed E-state index contributed by atoms with van der Waals surface area (Å²) in [5, 5.41) is 3.61. The zero-order valence-corrected chi connectivity index (χ0v) is 30.8. The van der Waals surface area contributed by atoms with Gasteiger partial charge in [-0.3, -0.25) is 24.1 Å². The molecule has 4 aliphatic rings. The highest BCUT2D eigenvalue weighted by molar-refractivity contribution is 8.00. The Kier molecular flexibility index (Phi) is 9.27. The fourth-order valence-corrected chi connectivity index (χ4v) is 11.6. The standard InChI is InChI=1S/C39H37N3O9S2/c1-4-49-27-16-20(8-15-26(27)51-18-28(43)40-21-9-13-23(48-3)14-10-21)29-30-24-17-25(33(30)52-35-34(29)53-39(47)41-35)32-31(24)36(44)42(37(32)45)22-11-6-19(7-12-22)38(46)50-5-2/h6-16,24-25,29-33H,4-5,17-18H2,1-3H3,(H,40,43)(H,41,47)/t24?,25?,29-,30?,31?,32?,33?/m1/s1. The summed E-state index contributed by atoms with van der Waals surface area (Å²) in [6.07, 6.45) is 0.739. The van der Waals surface area contributed by atoms with E-state index in [0.29, 0.717) is 40.8 Å². The van der Waals surface area contributed by atoms with Crippen LogP contribution in [-0.4, -0.2) is 60.9 Å². The highest BCUT2D eigenvalue weighted by Crippen LogP contribution is 2.68. The first-order valence-electron chi connectivity index (χ1n) is 17.6. The maximum atomic E-state index is 14.2. The molecule has 2 N–H and O–H groups in total. The summed E-state index contributed by atoms with van der Waals surface area (Å²) < 4.78 is 22.3. The van der Waals surface area contributed by atoms with Crippen LogP contribution >= 0.6 is 23.1 Å². The predicted octanol–water partition coefficient (Wildman–Crippen LogP) is 5.72. The number of carbonyl (C=O) groups excluding carboxylic acids is 4. The number of hydrogen-bond donors (Lipinski definition) is 2. The van der Waals surface area contributed by atoms with Crippen molar-refractivity contribution < 1.29 is 38.1 Å². The molecule has 3 heterocycles. The summed E-state index contributed by atoms with van der Waals surface area (Å²) in [4.78, 5) is 71.1. The normalized spacial score (nSPS) is 25.0. The van der Waals surface area contributed by atoms with E-state index in [-0.39, 0.29) is 64.7 Å². The molecule has 274 valence electrons. The van der Waals surface area contributed by atoms with Gasteiger partial charge in [-0.1, -0.05) is 17.4 Å². The van der Waals surface area contributed by atoms with Crippen molar-refractivity contribution in [2.24, 2.45) is 29.6 Å². The SMILES string of the molecule is CCOC(=O)c1ccc(N2C(=O)C3C4CC(C3C2=O)C2C4Sc3[nH]c(=O)sc3[C@@H]2c2ccc(OCC(=O)Nc3ccc(OC)cc3)c(OCC)c2)cc1. The molecular formula is C39H37N3O9S2. The summed E-state index contributed by atoms with van der Waals surface area (Å²) in [5.41, 5.74) is 2.30. The number of imide groups is 1. The minimum Gasteiger partial charge on any atom is -0.497 e. The van der Waals surface area contributed by atoms with Crippen molar-refractivity contribution in [1.29, 1.82) is 0 Å². The third-order valence-corrected chi connectivity index (χ3v) is 13.3. The molecule has 2 aliphatic heterocycles. The Labute approximate surface area is 313 Å². The number of methoxy groups -OCH3 is 1. The molecule has 3 amide bonds.